The summed E-state index contributed by atoms with van der Waals surface area (Å²) in [7, 11) is 0. The molecule has 1 unspecified atom stereocenters. The first-order valence-electron chi connectivity index (χ1n) is 5.25. The number of nitrogens with zero attached hydrogens (tertiary/aromatic N) is 1. The predicted molar refractivity (Wildman–Crippen MR) is 67.0 cm³/mol. The zero-order valence-corrected chi connectivity index (χ0v) is 10.7. The van der Waals surface area contributed by atoms with Crippen molar-refractivity contribution in [1.82, 2.24) is 4.90 Å². The second-order valence-corrected chi connectivity index (χ2v) is 5.44. The Balaban J connectivity index is 1.89. The largest absolute Gasteiger partial charge is 0.379 e. The highest BCUT2D eigenvalue weighted by Crippen LogP contribution is 2.27. The minimum Gasteiger partial charge on any atom is -0.379 e. The van der Waals surface area contributed by atoms with Crippen molar-refractivity contribution < 1.29 is 9.13 Å². The van der Waals surface area contributed by atoms with E-state index in [0.29, 0.717) is 0 Å². The van der Waals surface area contributed by atoms with Crippen LogP contribution in [0.3, 0.4) is 0 Å². The van der Waals surface area contributed by atoms with Gasteiger partial charge in [-0.15, -0.1) is 0 Å². The fourth-order valence-electron chi connectivity index (χ4n) is 1.86. The van der Waals surface area contributed by atoms with Crippen LogP contribution in [0.1, 0.15) is 6.42 Å². The SMILES string of the molecule is FC1=CC=C(CN2CCOCC2)CC1I. The third-order valence-corrected chi connectivity index (χ3v) is 3.78. The van der Waals surface area contributed by atoms with Gasteiger partial charge < -0.3 is 4.74 Å². The summed E-state index contributed by atoms with van der Waals surface area (Å²) in [5.74, 6) is 0.00123. The molecule has 1 saturated heterocycles. The fraction of sp³-hybridized carbons (Fsp3) is 0.636. The number of alkyl halides is 1. The van der Waals surface area contributed by atoms with Gasteiger partial charge in [-0.25, -0.2) is 4.39 Å². The van der Waals surface area contributed by atoms with Crippen LogP contribution in [0.4, 0.5) is 4.39 Å². The lowest BCUT2D eigenvalue weighted by atomic mass is 10.0. The van der Waals surface area contributed by atoms with Crippen molar-refractivity contribution in [3.8, 4) is 0 Å². The maximum atomic E-state index is 13.1. The van der Waals surface area contributed by atoms with E-state index in [-0.39, 0.29) is 9.75 Å². The van der Waals surface area contributed by atoms with Crippen LogP contribution in [0.25, 0.3) is 0 Å². The fourth-order valence-corrected chi connectivity index (χ4v) is 2.63. The maximum absolute atomic E-state index is 13.1. The molecule has 2 aliphatic rings. The molecule has 0 amide bonds. The van der Waals surface area contributed by atoms with Crippen LogP contribution in [0, 0.1) is 0 Å². The standard InChI is InChI=1S/C11H15FINO/c12-10-2-1-9(7-11(10)13)8-14-3-5-15-6-4-14/h1-2,11H,3-8H2. The molecule has 0 aromatic heterocycles. The number of morpholine rings is 1. The molecule has 1 aliphatic carbocycles. The van der Waals surface area contributed by atoms with Gasteiger partial charge in [0.1, 0.15) is 5.83 Å². The summed E-state index contributed by atoms with van der Waals surface area (Å²) in [6.07, 6.45) is 4.39. The Hall–Kier alpha value is 0.0600. The molecule has 0 aromatic rings. The van der Waals surface area contributed by atoms with Crippen molar-refractivity contribution in [3.05, 3.63) is 23.6 Å². The first kappa shape index (κ1) is 11.5. The van der Waals surface area contributed by atoms with Crippen molar-refractivity contribution in [2.75, 3.05) is 32.8 Å². The third kappa shape index (κ3) is 3.26. The Morgan fingerprint density at radius 2 is 2.13 bits per heavy atom. The molecule has 84 valence electrons. The van der Waals surface area contributed by atoms with E-state index in [4.69, 9.17) is 4.74 Å². The molecule has 0 saturated carbocycles. The lowest BCUT2D eigenvalue weighted by Crippen LogP contribution is -2.37. The van der Waals surface area contributed by atoms with Crippen LogP contribution in [0.15, 0.2) is 23.6 Å². The highest BCUT2D eigenvalue weighted by molar-refractivity contribution is 14.1. The van der Waals surface area contributed by atoms with Gasteiger partial charge in [-0.2, -0.15) is 0 Å². The molecular weight excluding hydrogens is 308 g/mol. The lowest BCUT2D eigenvalue weighted by Gasteiger charge is -2.28. The molecule has 0 aromatic carbocycles. The Bertz CT molecular complexity index is 284. The van der Waals surface area contributed by atoms with Crippen molar-refractivity contribution in [2.45, 2.75) is 10.3 Å². The average molecular weight is 323 g/mol. The van der Waals surface area contributed by atoms with E-state index in [1.165, 1.54) is 5.57 Å². The molecule has 0 spiro atoms. The van der Waals surface area contributed by atoms with Gasteiger partial charge in [0.2, 0.25) is 0 Å². The summed E-state index contributed by atoms with van der Waals surface area (Å²) >= 11 is 2.16. The molecule has 0 radical (unpaired) electrons. The summed E-state index contributed by atoms with van der Waals surface area (Å²) < 4.78 is 18.4. The minimum absolute atomic E-state index is 0.00123. The Morgan fingerprint density at radius 1 is 1.40 bits per heavy atom. The molecule has 1 aliphatic heterocycles. The average Bonchev–Trinajstić information content (AvgIpc) is 2.25. The zero-order chi connectivity index (χ0) is 10.7. The van der Waals surface area contributed by atoms with Crippen LogP contribution in [-0.2, 0) is 4.74 Å². The maximum Gasteiger partial charge on any atom is 0.113 e. The third-order valence-electron chi connectivity index (χ3n) is 2.75. The summed E-state index contributed by atoms with van der Waals surface area (Å²) in [6, 6.07) is 0. The van der Waals surface area contributed by atoms with Gasteiger partial charge in [-0.1, -0.05) is 34.2 Å². The number of allylic oxidation sites excluding steroid dienone is 3. The molecule has 1 atom stereocenters. The molecule has 2 nitrogen and oxygen atoms in total. The number of halogens is 2. The van der Waals surface area contributed by atoms with Gasteiger partial charge in [-0.05, 0) is 12.5 Å². The molecular formula is C11H15FINO. The number of hydrogen-bond acceptors (Lipinski definition) is 2. The smallest absolute Gasteiger partial charge is 0.113 e. The minimum atomic E-state index is 0.00123. The molecule has 0 N–H and O–H groups in total. The molecule has 15 heavy (non-hydrogen) atoms. The van der Waals surface area contributed by atoms with Crippen LogP contribution >= 0.6 is 22.6 Å². The second kappa shape index (κ2) is 5.41. The van der Waals surface area contributed by atoms with E-state index >= 15 is 0 Å². The van der Waals surface area contributed by atoms with Crippen molar-refractivity contribution >= 4 is 22.6 Å². The highest BCUT2D eigenvalue weighted by atomic mass is 127. The summed E-state index contributed by atoms with van der Waals surface area (Å²) in [6.45, 7) is 4.60. The number of rotatable bonds is 2. The Labute approximate surface area is 103 Å². The quantitative estimate of drug-likeness (QED) is 0.571. The van der Waals surface area contributed by atoms with Gasteiger partial charge in [0.15, 0.2) is 0 Å². The van der Waals surface area contributed by atoms with Crippen LogP contribution < -0.4 is 0 Å². The van der Waals surface area contributed by atoms with E-state index in [2.05, 4.69) is 27.5 Å². The number of hydrogen-bond donors (Lipinski definition) is 0. The summed E-state index contributed by atoms with van der Waals surface area (Å²) in [5.41, 5.74) is 1.33. The topological polar surface area (TPSA) is 12.5 Å². The molecule has 2 rings (SSSR count). The van der Waals surface area contributed by atoms with Gasteiger partial charge in [0.05, 0.1) is 17.1 Å². The van der Waals surface area contributed by atoms with Gasteiger partial charge in [0.25, 0.3) is 0 Å². The molecule has 4 heteroatoms. The monoisotopic (exact) mass is 323 g/mol. The lowest BCUT2D eigenvalue weighted by molar-refractivity contribution is 0.0419. The van der Waals surface area contributed by atoms with E-state index in [1.54, 1.807) is 6.08 Å². The van der Waals surface area contributed by atoms with Crippen LogP contribution in [0.2, 0.25) is 0 Å². The Kier molecular flexibility index (Phi) is 4.16. The molecule has 1 fully saturated rings. The van der Waals surface area contributed by atoms with Gasteiger partial charge >= 0.3 is 0 Å². The summed E-state index contributed by atoms with van der Waals surface area (Å²) in [4.78, 5) is 2.37. The van der Waals surface area contributed by atoms with E-state index in [0.717, 1.165) is 39.3 Å². The van der Waals surface area contributed by atoms with E-state index in [1.807, 2.05) is 6.08 Å². The first-order valence-corrected chi connectivity index (χ1v) is 6.49. The van der Waals surface area contributed by atoms with Gasteiger partial charge in [-0.3, -0.25) is 4.90 Å². The van der Waals surface area contributed by atoms with Crippen molar-refractivity contribution in [3.63, 3.8) is 0 Å². The van der Waals surface area contributed by atoms with E-state index in [9.17, 15) is 4.39 Å². The van der Waals surface area contributed by atoms with E-state index < -0.39 is 0 Å². The number of ether oxygens (including phenoxy) is 1. The second-order valence-electron chi connectivity index (χ2n) is 3.94. The normalized spacial score (nSPS) is 28.5. The Morgan fingerprint density at radius 3 is 2.80 bits per heavy atom. The van der Waals surface area contributed by atoms with Crippen LogP contribution in [-0.4, -0.2) is 41.7 Å². The predicted octanol–water partition coefficient (Wildman–Crippen LogP) is 2.31. The van der Waals surface area contributed by atoms with Gasteiger partial charge in [0, 0.05) is 19.6 Å². The molecule has 1 heterocycles. The highest BCUT2D eigenvalue weighted by Gasteiger charge is 2.19. The zero-order valence-electron chi connectivity index (χ0n) is 8.59. The summed E-state index contributed by atoms with van der Waals surface area (Å²) in [5, 5.41) is 0. The van der Waals surface area contributed by atoms with Crippen LogP contribution in [0.5, 0.6) is 0 Å². The molecule has 0 bridgehead atoms. The van der Waals surface area contributed by atoms with Crippen molar-refractivity contribution in [2.24, 2.45) is 0 Å². The first-order chi connectivity index (χ1) is 7.25. The van der Waals surface area contributed by atoms with Crippen molar-refractivity contribution in [1.29, 1.82) is 0 Å².